The van der Waals surface area contributed by atoms with E-state index in [1.54, 1.807) is 34.9 Å². The van der Waals surface area contributed by atoms with Crippen molar-refractivity contribution in [3.05, 3.63) is 126 Å². The van der Waals surface area contributed by atoms with Gasteiger partial charge in [0.15, 0.2) is 11.6 Å². The average molecular weight is 595 g/mol. The minimum Gasteiger partial charge on any atom is -0.497 e. The molecule has 0 aliphatic carbocycles. The number of rotatable bonds is 9. The van der Waals surface area contributed by atoms with Gasteiger partial charge in [-0.2, -0.15) is 0 Å². The number of Topliss-reactive ketones (excluding diaryl/α,β-unsaturated/α-hetero) is 1. The highest BCUT2D eigenvalue weighted by Gasteiger charge is 2.19. The Morgan fingerprint density at radius 1 is 0.953 bits per heavy atom. The second kappa shape index (κ2) is 11.5. The maximum Gasteiger partial charge on any atom is 0.439 e. The number of fused-ring (bicyclic) bond motifs is 1. The average Bonchev–Trinajstić information content (AvgIpc) is 3.68. The Morgan fingerprint density at radius 2 is 1.67 bits per heavy atom. The van der Waals surface area contributed by atoms with Crippen LogP contribution in [0.25, 0.3) is 32.7 Å². The number of aromatic nitrogens is 4. The SMILES string of the molecule is CCc1cc2c(=O)n(CC(=O)c3ccc(OC)cc3)c(=O)n(Cc3ccc(-c4ccccc4-c4noc(=O)[nH]4)cc3)c2s1. The number of ether oxygens (including phenoxy) is 1. The Labute approximate surface area is 248 Å². The topological polar surface area (TPSA) is 129 Å². The van der Waals surface area contributed by atoms with Crippen LogP contribution in [0.5, 0.6) is 5.75 Å². The fourth-order valence-corrected chi connectivity index (χ4v) is 6.05. The lowest BCUT2D eigenvalue weighted by atomic mass is 9.98. The van der Waals surface area contributed by atoms with Gasteiger partial charge in [-0.3, -0.25) is 28.2 Å². The predicted octanol–water partition coefficient (Wildman–Crippen LogP) is 4.74. The van der Waals surface area contributed by atoms with Gasteiger partial charge >= 0.3 is 11.4 Å². The monoisotopic (exact) mass is 594 g/mol. The predicted molar refractivity (Wildman–Crippen MR) is 164 cm³/mol. The summed E-state index contributed by atoms with van der Waals surface area (Å²) in [5, 5.41) is 4.23. The molecule has 43 heavy (non-hydrogen) atoms. The number of H-pyrrole nitrogens is 1. The van der Waals surface area contributed by atoms with Crippen LogP contribution in [0.4, 0.5) is 0 Å². The van der Waals surface area contributed by atoms with Crippen molar-refractivity contribution in [2.75, 3.05) is 7.11 Å². The summed E-state index contributed by atoms with van der Waals surface area (Å²) in [4.78, 5) is 56.0. The van der Waals surface area contributed by atoms with Gasteiger partial charge in [0.25, 0.3) is 5.56 Å². The quantitative estimate of drug-likeness (QED) is 0.240. The number of carbonyl (C=O) groups excluding carboxylic acids is 1. The molecule has 0 saturated carbocycles. The molecule has 6 rings (SSSR count). The minimum absolute atomic E-state index is 0.203. The Morgan fingerprint density at radius 3 is 2.33 bits per heavy atom. The van der Waals surface area contributed by atoms with Crippen molar-refractivity contribution in [3.63, 3.8) is 0 Å². The van der Waals surface area contributed by atoms with Crippen LogP contribution in [-0.2, 0) is 19.5 Å². The summed E-state index contributed by atoms with van der Waals surface area (Å²) < 4.78 is 12.4. The summed E-state index contributed by atoms with van der Waals surface area (Å²) in [7, 11) is 1.54. The van der Waals surface area contributed by atoms with Crippen molar-refractivity contribution in [3.8, 4) is 28.3 Å². The molecule has 0 saturated heterocycles. The number of aromatic amines is 1. The smallest absolute Gasteiger partial charge is 0.439 e. The first-order valence-corrected chi connectivity index (χ1v) is 14.4. The van der Waals surface area contributed by atoms with Crippen molar-refractivity contribution in [2.45, 2.75) is 26.4 Å². The van der Waals surface area contributed by atoms with Crippen LogP contribution in [0, 0.1) is 0 Å². The van der Waals surface area contributed by atoms with Crippen molar-refractivity contribution in [1.82, 2.24) is 19.3 Å². The van der Waals surface area contributed by atoms with Crippen molar-refractivity contribution >= 4 is 27.3 Å². The van der Waals surface area contributed by atoms with Crippen LogP contribution in [0.15, 0.2) is 97.8 Å². The summed E-state index contributed by atoms with van der Waals surface area (Å²) in [6.07, 6.45) is 0.711. The summed E-state index contributed by atoms with van der Waals surface area (Å²) in [6.45, 7) is 1.82. The number of benzene rings is 3. The third kappa shape index (κ3) is 5.38. The third-order valence-corrected chi connectivity index (χ3v) is 8.54. The minimum atomic E-state index is -0.635. The molecule has 6 aromatic rings. The summed E-state index contributed by atoms with van der Waals surface area (Å²) >= 11 is 1.41. The second-order valence-electron chi connectivity index (χ2n) is 9.88. The van der Waals surface area contributed by atoms with Gasteiger partial charge in [0.2, 0.25) is 0 Å². The first-order chi connectivity index (χ1) is 20.9. The van der Waals surface area contributed by atoms with Crippen LogP contribution in [0.1, 0.15) is 27.7 Å². The van der Waals surface area contributed by atoms with Crippen LogP contribution < -0.4 is 21.7 Å². The van der Waals surface area contributed by atoms with Crippen LogP contribution in [0.3, 0.4) is 0 Å². The van der Waals surface area contributed by atoms with Gasteiger partial charge in [0, 0.05) is 16.0 Å². The highest BCUT2D eigenvalue weighted by atomic mass is 32.1. The maximum atomic E-state index is 13.8. The summed E-state index contributed by atoms with van der Waals surface area (Å²) in [5.41, 5.74) is 2.61. The largest absolute Gasteiger partial charge is 0.497 e. The normalized spacial score (nSPS) is 11.2. The molecule has 216 valence electrons. The third-order valence-electron chi connectivity index (χ3n) is 7.24. The molecule has 0 spiro atoms. The molecular formula is C32H26N4O6S. The number of hydrogen-bond donors (Lipinski definition) is 1. The number of aryl methyl sites for hydroxylation is 1. The fourth-order valence-electron chi connectivity index (χ4n) is 4.97. The van der Waals surface area contributed by atoms with E-state index >= 15 is 0 Å². The molecular weight excluding hydrogens is 568 g/mol. The number of carbonyl (C=O) groups is 1. The molecule has 10 nitrogen and oxygen atoms in total. The Hall–Kier alpha value is -5.29. The molecule has 0 aliphatic heterocycles. The van der Waals surface area contributed by atoms with Crippen LogP contribution in [0.2, 0.25) is 0 Å². The number of hydrogen-bond acceptors (Lipinski definition) is 8. The Kier molecular flexibility index (Phi) is 7.47. The number of nitrogens with zero attached hydrogens (tertiary/aromatic N) is 3. The standard InChI is InChI=1S/C32H26N4O6S/c1-3-23-16-26-29(38)35(18-27(37)21-12-14-22(41-2)15-13-21)32(40)36(30(26)43-23)17-19-8-10-20(11-9-19)24-6-4-5-7-25(24)28-33-31(39)42-34-28/h4-16H,3,17-18H2,1-2H3,(H,33,34,39). The van der Waals surface area contributed by atoms with Gasteiger partial charge in [-0.15, -0.1) is 11.3 Å². The lowest BCUT2D eigenvalue weighted by molar-refractivity contribution is 0.0969. The Bertz CT molecular complexity index is 2130. The van der Waals surface area contributed by atoms with Crippen molar-refractivity contribution < 1.29 is 14.1 Å². The molecule has 11 heteroatoms. The molecule has 0 radical (unpaired) electrons. The number of methoxy groups -OCH3 is 1. The molecule has 3 aromatic carbocycles. The van der Waals surface area contributed by atoms with E-state index < -0.39 is 17.0 Å². The highest BCUT2D eigenvalue weighted by molar-refractivity contribution is 7.18. The van der Waals surface area contributed by atoms with Gasteiger partial charge in [0.05, 0.1) is 25.6 Å². The van der Waals surface area contributed by atoms with Gasteiger partial charge in [-0.1, -0.05) is 60.6 Å². The summed E-state index contributed by atoms with van der Waals surface area (Å²) in [6, 6.07) is 23.5. The lowest BCUT2D eigenvalue weighted by Gasteiger charge is -2.13. The fraction of sp³-hybridized carbons (Fsp3) is 0.156. The molecule has 0 unspecified atom stereocenters. The van der Waals surface area contributed by atoms with E-state index in [9.17, 15) is 19.2 Å². The van der Waals surface area contributed by atoms with Gasteiger partial charge < -0.3 is 4.74 Å². The van der Waals surface area contributed by atoms with Crippen LogP contribution in [-0.4, -0.2) is 32.2 Å². The van der Waals surface area contributed by atoms with Crippen molar-refractivity contribution in [1.29, 1.82) is 0 Å². The van der Waals surface area contributed by atoms with E-state index in [1.165, 1.54) is 18.4 Å². The first kappa shape index (κ1) is 27.9. The van der Waals surface area contributed by atoms with E-state index in [1.807, 2.05) is 55.5 Å². The van der Waals surface area contributed by atoms with Crippen molar-refractivity contribution in [2.24, 2.45) is 0 Å². The van der Waals surface area contributed by atoms with E-state index in [0.717, 1.165) is 26.1 Å². The summed E-state index contributed by atoms with van der Waals surface area (Å²) in [5.74, 6) is -0.0566. The van der Waals surface area contributed by atoms with Crippen LogP contribution >= 0.6 is 11.3 Å². The zero-order chi connectivity index (χ0) is 30.1. The highest BCUT2D eigenvalue weighted by Crippen LogP contribution is 2.30. The first-order valence-electron chi connectivity index (χ1n) is 13.5. The second-order valence-corrected chi connectivity index (χ2v) is 11.0. The molecule has 0 aliphatic rings. The molecule has 3 aromatic heterocycles. The number of ketones is 1. The molecule has 1 N–H and O–H groups in total. The van der Waals surface area contributed by atoms with Gasteiger partial charge in [-0.25, -0.2) is 9.59 Å². The number of thiophene rings is 1. The zero-order valence-corrected chi connectivity index (χ0v) is 24.1. The zero-order valence-electron chi connectivity index (χ0n) is 23.3. The number of nitrogens with one attached hydrogen (secondary N) is 1. The van der Waals surface area contributed by atoms with E-state index in [2.05, 4.69) is 14.7 Å². The molecule has 0 fully saturated rings. The van der Waals surface area contributed by atoms with Gasteiger partial charge in [0.1, 0.15) is 10.6 Å². The van der Waals surface area contributed by atoms with E-state index in [-0.39, 0.29) is 18.9 Å². The maximum absolute atomic E-state index is 13.8. The van der Waals surface area contributed by atoms with E-state index in [0.29, 0.717) is 39.3 Å². The Balaban J connectivity index is 1.36. The van der Waals surface area contributed by atoms with E-state index in [4.69, 9.17) is 4.74 Å². The molecule has 0 atom stereocenters. The van der Waals surface area contributed by atoms with Gasteiger partial charge in [-0.05, 0) is 53.4 Å². The molecule has 0 bridgehead atoms. The molecule has 0 amide bonds. The lowest BCUT2D eigenvalue weighted by Crippen LogP contribution is -2.41. The molecule has 3 heterocycles.